The highest BCUT2D eigenvalue weighted by molar-refractivity contribution is 8.03. The molecule has 0 aromatic carbocycles. The Kier molecular flexibility index (Phi) is 2.14. The molecular formula is C11H14S. The van der Waals surface area contributed by atoms with Gasteiger partial charge in [-0.2, -0.15) is 0 Å². The minimum atomic E-state index is 0.722. The molecule has 1 heterocycles. The third-order valence-corrected chi connectivity index (χ3v) is 4.06. The molecule has 0 saturated heterocycles. The van der Waals surface area contributed by atoms with E-state index in [-0.39, 0.29) is 0 Å². The molecule has 64 valence electrons. The van der Waals surface area contributed by atoms with Crippen LogP contribution < -0.4 is 0 Å². The van der Waals surface area contributed by atoms with Crippen molar-refractivity contribution in [3.63, 3.8) is 0 Å². The molecule has 2 aliphatic rings. The van der Waals surface area contributed by atoms with E-state index in [1.807, 2.05) is 11.8 Å². The molecule has 1 aliphatic heterocycles. The Morgan fingerprint density at radius 2 is 2.00 bits per heavy atom. The van der Waals surface area contributed by atoms with Gasteiger partial charge in [0.2, 0.25) is 0 Å². The van der Waals surface area contributed by atoms with Gasteiger partial charge in [-0.25, -0.2) is 0 Å². The molecule has 0 amide bonds. The molecule has 0 saturated carbocycles. The van der Waals surface area contributed by atoms with Gasteiger partial charge >= 0.3 is 0 Å². The number of thioether (sulfide) groups is 1. The molecule has 12 heavy (non-hydrogen) atoms. The molecule has 0 N–H and O–H groups in total. The van der Waals surface area contributed by atoms with Crippen LogP contribution in [0.15, 0.2) is 34.8 Å². The van der Waals surface area contributed by atoms with Crippen LogP contribution >= 0.6 is 11.8 Å². The van der Waals surface area contributed by atoms with Crippen molar-refractivity contribution in [2.24, 2.45) is 5.92 Å². The van der Waals surface area contributed by atoms with Crippen molar-refractivity contribution in [3.8, 4) is 0 Å². The zero-order valence-electron chi connectivity index (χ0n) is 7.58. The van der Waals surface area contributed by atoms with Gasteiger partial charge in [-0.3, -0.25) is 0 Å². The monoisotopic (exact) mass is 178 g/mol. The molecule has 2 unspecified atom stereocenters. The third kappa shape index (κ3) is 1.27. The quantitative estimate of drug-likeness (QED) is 0.547. The average molecular weight is 178 g/mol. The summed E-state index contributed by atoms with van der Waals surface area (Å²) in [6.45, 7) is 4.49. The van der Waals surface area contributed by atoms with E-state index in [1.54, 1.807) is 5.57 Å². The van der Waals surface area contributed by atoms with Crippen molar-refractivity contribution in [1.82, 2.24) is 0 Å². The van der Waals surface area contributed by atoms with E-state index in [0.717, 1.165) is 11.2 Å². The number of rotatable bonds is 0. The lowest BCUT2D eigenvalue weighted by molar-refractivity contribution is 0.617. The first-order valence-corrected chi connectivity index (χ1v) is 5.39. The first kappa shape index (κ1) is 8.18. The van der Waals surface area contributed by atoms with E-state index in [4.69, 9.17) is 0 Å². The number of allylic oxidation sites excluding steroid dienone is 4. The third-order valence-electron chi connectivity index (χ3n) is 2.72. The maximum Gasteiger partial charge on any atom is 0.0366 e. The van der Waals surface area contributed by atoms with Gasteiger partial charge in [-0.15, -0.1) is 11.8 Å². The van der Waals surface area contributed by atoms with Gasteiger partial charge < -0.3 is 0 Å². The summed E-state index contributed by atoms with van der Waals surface area (Å²) in [6, 6.07) is 0. The van der Waals surface area contributed by atoms with Gasteiger partial charge in [0.15, 0.2) is 0 Å². The van der Waals surface area contributed by atoms with Crippen LogP contribution in [0, 0.1) is 5.92 Å². The maximum absolute atomic E-state index is 2.29. The van der Waals surface area contributed by atoms with Gasteiger partial charge in [0.25, 0.3) is 0 Å². The Labute approximate surface area is 78.4 Å². The molecule has 2 rings (SSSR count). The van der Waals surface area contributed by atoms with E-state index in [9.17, 15) is 0 Å². The second-order valence-electron chi connectivity index (χ2n) is 3.59. The van der Waals surface area contributed by atoms with E-state index in [0.29, 0.717) is 0 Å². The lowest BCUT2D eigenvalue weighted by Gasteiger charge is -2.31. The summed E-state index contributed by atoms with van der Waals surface area (Å²) >= 11 is 1.97. The van der Waals surface area contributed by atoms with Crippen LogP contribution in [0.2, 0.25) is 0 Å². The fraction of sp³-hybridized carbons (Fsp3) is 0.455. The second kappa shape index (κ2) is 3.14. The highest BCUT2D eigenvalue weighted by Crippen LogP contribution is 2.40. The van der Waals surface area contributed by atoms with E-state index >= 15 is 0 Å². The number of hydrogen-bond acceptors (Lipinski definition) is 1. The zero-order chi connectivity index (χ0) is 8.55. The largest absolute Gasteiger partial charge is 0.126 e. The van der Waals surface area contributed by atoms with Crippen molar-refractivity contribution in [3.05, 3.63) is 34.8 Å². The van der Waals surface area contributed by atoms with Crippen molar-refractivity contribution >= 4 is 11.8 Å². The number of fused-ring (bicyclic) bond motifs is 1. The van der Waals surface area contributed by atoms with Crippen LogP contribution in [0.25, 0.3) is 0 Å². The van der Waals surface area contributed by atoms with Crippen molar-refractivity contribution in [2.75, 3.05) is 0 Å². The van der Waals surface area contributed by atoms with Crippen LogP contribution in [-0.4, -0.2) is 5.25 Å². The molecule has 2 atom stereocenters. The number of hydrogen-bond donors (Lipinski definition) is 0. The summed E-state index contributed by atoms with van der Waals surface area (Å²) in [7, 11) is 0. The normalized spacial score (nSPS) is 33.8. The smallest absolute Gasteiger partial charge is 0.0366 e. The van der Waals surface area contributed by atoms with E-state index in [2.05, 4.69) is 37.5 Å². The lowest BCUT2D eigenvalue weighted by atomic mass is 9.85. The Morgan fingerprint density at radius 1 is 1.25 bits per heavy atom. The van der Waals surface area contributed by atoms with E-state index < -0.39 is 0 Å². The van der Waals surface area contributed by atoms with Crippen LogP contribution in [-0.2, 0) is 0 Å². The fourth-order valence-corrected chi connectivity index (χ4v) is 3.09. The molecular weight excluding hydrogens is 164 g/mol. The molecule has 0 radical (unpaired) electrons. The van der Waals surface area contributed by atoms with Crippen LogP contribution in [0.3, 0.4) is 0 Å². The van der Waals surface area contributed by atoms with Gasteiger partial charge in [0.05, 0.1) is 0 Å². The van der Waals surface area contributed by atoms with Gasteiger partial charge in [-0.05, 0) is 31.6 Å². The lowest BCUT2D eigenvalue weighted by Crippen LogP contribution is -2.23. The summed E-state index contributed by atoms with van der Waals surface area (Å²) in [5.41, 5.74) is 3.07. The van der Waals surface area contributed by atoms with Crippen molar-refractivity contribution in [2.45, 2.75) is 25.5 Å². The highest BCUT2D eigenvalue weighted by Gasteiger charge is 2.27. The highest BCUT2D eigenvalue weighted by atomic mass is 32.2. The molecule has 0 aromatic rings. The van der Waals surface area contributed by atoms with Gasteiger partial charge in [0.1, 0.15) is 0 Å². The predicted octanol–water partition coefficient (Wildman–Crippen LogP) is 3.53. The molecule has 0 nitrogen and oxygen atoms in total. The maximum atomic E-state index is 2.29. The minimum Gasteiger partial charge on any atom is -0.126 e. The van der Waals surface area contributed by atoms with Gasteiger partial charge in [-0.1, -0.05) is 29.4 Å². The zero-order valence-corrected chi connectivity index (χ0v) is 8.40. The van der Waals surface area contributed by atoms with E-state index in [1.165, 1.54) is 12.0 Å². The van der Waals surface area contributed by atoms with Crippen LogP contribution in [0.4, 0.5) is 0 Å². The van der Waals surface area contributed by atoms with Crippen LogP contribution in [0.5, 0.6) is 0 Å². The van der Waals surface area contributed by atoms with Crippen molar-refractivity contribution in [1.29, 1.82) is 0 Å². The summed E-state index contributed by atoms with van der Waals surface area (Å²) in [5.74, 6) is 0.769. The SMILES string of the molecule is CC1=CC=C(C)C2SC=CCC12. The molecule has 0 aromatic heterocycles. The molecule has 1 aliphatic carbocycles. The fourth-order valence-electron chi connectivity index (χ4n) is 1.89. The summed E-state index contributed by atoms with van der Waals surface area (Å²) in [4.78, 5) is 0. The Morgan fingerprint density at radius 3 is 2.75 bits per heavy atom. The Hall–Kier alpha value is -0.430. The first-order valence-electron chi connectivity index (χ1n) is 4.44. The molecule has 0 bridgehead atoms. The van der Waals surface area contributed by atoms with Crippen LogP contribution in [0.1, 0.15) is 20.3 Å². The molecule has 1 heteroatoms. The molecule has 0 spiro atoms. The summed E-state index contributed by atoms with van der Waals surface area (Å²) < 4.78 is 0. The Bertz CT molecular complexity index is 243. The Balaban J connectivity index is 2.31. The summed E-state index contributed by atoms with van der Waals surface area (Å²) in [5, 5.41) is 2.97. The molecule has 0 fully saturated rings. The topological polar surface area (TPSA) is 0 Å². The summed E-state index contributed by atoms with van der Waals surface area (Å²) in [6.07, 6.45) is 8.06. The average Bonchev–Trinajstić information content (AvgIpc) is 2.12. The first-order chi connectivity index (χ1) is 5.79. The predicted molar refractivity (Wildman–Crippen MR) is 56.1 cm³/mol. The van der Waals surface area contributed by atoms with Gasteiger partial charge in [0, 0.05) is 5.25 Å². The van der Waals surface area contributed by atoms with Crippen molar-refractivity contribution < 1.29 is 0 Å². The minimum absolute atomic E-state index is 0.722. The standard InChI is InChI=1S/C11H14S/c1-8-5-6-9(2)11-10(8)4-3-7-12-11/h3,5-7,10-11H,4H2,1-2H3. The second-order valence-corrected chi connectivity index (χ2v) is 4.64.